The van der Waals surface area contributed by atoms with E-state index >= 15 is 0 Å². The molecule has 1 amide bonds. The summed E-state index contributed by atoms with van der Waals surface area (Å²) in [4.78, 5) is 12.5. The standard InChI is InChI=1S/C19H22ClNO2/c1-5-17(23-18-8-6-7-12(2)14(18)4)19(22)21-16-11-15(20)10-9-13(16)3/h6-11,17H,5H2,1-4H3,(H,21,22). The second kappa shape index (κ2) is 7.51. The average Bonchev–Trinajstić information content (AvgIpc) is 2.52. The van der Waals surface area contributed by atoms with E-state index in [0.717, 1.165) is 22.4 Å². The molecule has 2 aromatic carbocycles. The van der Waals surface area contributed by atoms with Crippen LogP contribution in [0.2, 0.25) is 5.02 Å². The van der Waals surface area contributed by atoms with Gasteiger partial charge in [0.05, 0.1) is 0 Å². The highest BCUT2D eigenvalue weighted by Gasteiger charge is 2.20. The van der Waals surface area contributed by atoms with Gasteiger partial charge >= 0.3 is 0 Å². The fourth-order valence-electron chi connectivity index (χ4n) is 2.27. The summed E-state index contributed by atoms with van der Waals surface area (Å²) < 4.78 is 5.93. The van der Waals surface area contributed by atoms with E-state index in [1.54, 1.807) is 12.1 Å². The molecule has 0 aromatic heterocycles. The van der Waals surface area contributed by atoms with Gasteiger partial charge in [0.25, 0.3) is 5.91 Å². The number of rotatable bonds is 5. The number of hydrogen-bond acceptors (Lipinski definition) is 2. The molecule has 0 aliphatic rings. The van der Waals surface area contributed by atoms with Crippen molar-refractivity contribution in [1.82, 2.24) is 0 Å². The van der Waals surface area contributed by atoms with Gasteiger partial charge in [0, 0.05) is 10.7 Å². The summed E-state index contributed by atoms with van der Waals surface area (Å²) in [6, 6.07) is 11.3. The summed E-state index contributed by atoms with van der Waals surface area (Å²) in [5.41, 5.74) is 3.87. The molecule has 0 spiro atoms. The van der Waals surface area contributed by atoms with E-state index in [4.69, 9.17) is 16.3 Å². The van der Waals surface area contributed by atoms with Crippen LogP contribution >= 0.6 is 11.6 Å². The summed E-state index contributed by atoms with van der Waals surface area (Å²) in [6.45, 7) is 7.88. The molecular weight excluding hydrogens is 310 g/mol. The first-order chi connectivity index (χ1) is 10.9. The third-order valence-electron chi connectivity index (χ3n) is 3.94. The van der Waals surface area contributed by atoms with Crippen LogP contribution < -0.4 is 10.1 Å². The molecule has 2 aromatic rings. The van der Waals surface area contributed by atoms with Gasteiger partial charge in [0.2, 0.25) is 0 Å². The van der Waals surface area contributed by atoms with Crippen LogP contribution in [0.25, 0.3) is 0 Å². The fraction of sp³-hybridized carbons (Fsp3) is 0.316. The van der Waals surface area contributed by atoms with Crippen molar-refractivity contribution in [2.45, 2.75) is 40.2 Å². The highest BCUT2D eigenvalue weighted by Crippen LogP contribution is 2.24. The molecule has 0 saturated carbocycles. The molecule has 3 nitrogen and oxygen atoms in total. The zero-order chi connectivity index (χ0) is 17.0. The Morgan fingerprint density at radius 3 is 2.61 bits per heavy atom. The Hall–Kier alpha value is -2.00. The van der Waals surface area contributed by atoms with Gasteiger partial charge in [-0.25, -0.2) is 0 Å². The van der Waals surface area contributed by atoms with Crippen molar-refractivity contribution >= 4 is 23.2 Å². The Kier molecular flexibility index (Phi) is 5.67. The van der Waals surface area contributed by atoms with Crippen molar-refractivity contribution < 1.29 is 9.53 Å². The topological polar surface area (TPSA) is 38.3 Å². The lowest BCUT2D eigenvalue weighted by Gasteiger charge is -2.20. The second-order valence-electron chi connectivity index (χ2n) is 5.66. The van der Waals surface area contributed by atoms with Crippen molar-refractivity contribution in [1.29, 1.82) is 0 Å². The first-order valence-electron chi connectivity index (χ1n) is 7.72. The number of nitrogens with one attached hydrogen (secondary N) is 1. The fourth-order valence-corrected chi connectivity index (χ4v) is 2.44. The predicted molar refractivity (Wildman–Crippen MR) is 95.4 cm³/mol. The highest BCUT2D eigenvalue weighted by molar-refractivity contribution is 6.31. The van der Waals surface area contributed by atoms with Crippen molar-refractivity contribution in [2.75, 3.05) is 5.32 Å². The molecule has 1 atom stereocenters. The molecule has 0 fully saturated rings. The summed E-state index contributed by atoms with van der Waals surface area (Å²) in [6.07, 6.45) is 0.0348. The van der Waals surface area contributed by atoms with E-state index in [2.05, 4.69) is 5.32 Å². The minimum atomic E-state index is -0.547. The van der Waals surface area contributed by atoms with Crippen LogP contribution in [0.5, 0.6) is 5.75 Å². The van der Waals surface area contributed by atoms with Crippen LogP contribution in [0.1, 0.15) is 30.0 Å². The minimum absolute atomic E-state index is 0.168. The van der Waals surface area contributed by atoms with Crippen LogP contribution in [0.15, 0.2) is 36.4 Å². The molecule has 4 heteroatoms. The highest BCUT2D eigenvalue weighted by atomic mass is 35.5. The van der Waals surface area contributed by atoms with Crippen LogP contribution in [0.3, 0.4) is 0 Å². The number of ether oxygens (including phenoxy) is 1. The predicted octanol–water partition coefficient (Wildman–Crippen LogP) is 5.06. The van der Waals surface area contributed by atoms with E-state index in [0.29, 0.717) is 17.1 Å². The molecule has 0 heterocycles. The molecule has 2 rings (SSSR count). The Morgan fingerprint density at radius 2 is 1.91 bits per heavy atom. The Labute approximate surface area is 142 Å². The normalized spacial score (nSPS) is 11.9. The number of aryl methyl sites for hydroxylation is 2. The molecule has 0 aliphatic carbocycles. The van der Waals surface area contributed by atoms with Gasteiger partial charge in [-0.1, -0.05) is 36.7 Å². The SMILES string of the molecule is CCC(Oc1cccc(C)c1C)C(=O)Nc1cc(Cl)ccc1C. The van der Waals surface area contributed by atoms with Crippen LogP contribution in [-0.2, 0) is 4.79 Å². The molecular formula is C19H22ClNO2. The molecule has 1 N–H and O–H groups in total. The number of carbonyl (C=O) groups excluding carboxylic acids is 1. The maximum Gasteiger partial charge on any atom is 0.265 e. The van der Waals surface area contributed by atoms with Crippen LogP contribution in [0.4, 0.5) is 5.69 Å². The second-order valence-corrected chi connectivity index (χ2v) is 6.10. The first kappa shape index (κ1) is 17.4. The molecule has 0 bridgehead atoms. The van der Waals surface area contributed by atoms with Gasteiger partial charge in [-0.05, 0) is 62.1 Å². The number of anilines is 1. The molecule has 0 radical (unpaired) electrons. The van der Waals surface area contributed by atoms with Crippen molar-refractivity contribution in [3.8, 4) is 5.75 Å². The smallest absolute Gasteiger partial charge is 0.265 e. The lowest BCUT2D eigenvalue weighted by atomic mass is 10.1. The van der Waals surface area contributed by atoms with Gasteiger partial charge in [0.1, 0.15) is 5.75 Å². The average molecular weight is 332 g/mol. The molecule has 0 saturated heterocycles. The first-order valence-corrected chi connectivity index (χ1v) is 8.10. The number of hydrogen-bond donors (Lipinski definition) is 1. The number of carbonyl (C=O) groups is 1. The molecule has 23 heavy (non-hydrogen) atoms. The Morgan fingerprint density at radius 1 is 1.17 bits per heavy atom. The quantitative estimate of drug-likeness (QED) is 0.831. The maximum absolute atomic E-state index is 12.5. The summed E-state index contributed by atoms with van der Waals surface area (Å²) >= 11 is 6.00. The monoisotopic (exact) mass is 331 g/mol. The largest absolute Gasteiger partial charge is 0.480 e. The van der Waals surface area contributed by atoms with Gasteiger partial charge in [0.15, 0.2) is 6.10 Å². The summed E-state index contributed by atoms with van der Waals surface area (Å²) in [5.74, 6) is 0.577. The van der Waals surface area contributed by atoms with E-state index in [1.807, 2.05) is 52.0 Å². The van der Waals surface area contributed by atoms with Gasteiger partial charge in [-0.15, -0.1) is 0 Å². The maximum atomic E-state index is 12.5. The van der Waals surface area contributed by atoms with Gasteiger partial charge in [-0.3, -0.25) is 4.79 Å². The number of benzene rings is 2. The lowest BCUT2D eigenvalue weighted by molar-refractivity contribution is -0.122. The Bertz CT molecular complexity index is 713. The van der Waals surface area contributed by atoms with E-state index in [-0.39, 0.29) is 5.91 Å². The summed E-state index contributed by atoms with van der Waals surface area (Å²) in [7, 11) is 0. The number of halogens is 1. The zero-order valence-corrected chi connectivity index (χ0v) is 14.7. The van der Waals surface area contributed by atoms with E-state index in [1.165, 1.54) is 0 Å². The molecule has 0 aliphatic heterocycles. The van der Waals surface area contributed by atoms with Crippen molar-refractivity contribution in [3.63, 3.8) is 0 Å². The molecule has 1 unspecified atom stereocenters. The zero-order valence-electron chi connectivity index (χ0n) is 13.9. The number of amides is 1. The third kappa shape index (κ3) is 4.26. The van der Waals surface area contributed by atoms with Crippen molar-refractivity contribution in [3.05, 3.63) is 58.1 Å². The van der Waals surface area contributed by atoms with Crippen LogP contribution in [0, 0.1) is 20.8 Å². The van der Waals surface area contributed by atoms with E-state index < -0.39 is 6.10 Å². The summed E-state index contributed by atoms with van der Waals surface area (Å²) in [5, 5.41) is 3.50. The Balaban J connectivity index is 2.15. The van der Waals surface area contributed by atoms with E-state index in [9.17, 15) is 4.79 Å². The minimum Gasteiger partial charge on any atom is -0.480 e. The third-order valence-corrected chi connectivity index (χ3v) is 4.18. The van der Waals surface area contributed by atoms with Crippen molar-refractivity contribution in [2.24, 2.45) is 0 Å². The molecule has 122 valence electrons. The van der Waals surface area contributed by atoms with Crippen LogP contribution in [-0.4, -0.2) is 12.0 Å². The van der Waals surface area contributed by atoms with Gasteiger partial charge in [-0.2, -0.15) is 0 Å². The van der Waals surface area contributed by atoms with Gasteiger partial charge < -0.3 is 10.1 Å². The lowest BCUT2D eigenvalue weighted by Crippen LogP contribution is -2.32.